The molecule has 10 heteroatoms. The second-order valence-electron chi connectivity index (χ2n) is 11.9. The second kappa shape index (κ2) is 13.7. The molecule has 4 aromatic rings. The SMILES string of the molecule is C[C@H](CCC[C@H](C)SC(=N)N)c1ccc(-n2cc3cc(-c4cc(CCC[C@@H](N)C5CC5)cc(Cl)c4F)[nH]c3nc2=O)cc1. The van der Waals surface area contributed by atoms with Gasteiger partial charge < -0.3 is 16.5 Å². The molecule has 3 atom stereocenters. The minimum absolute atomic E-state index is 0.0731. The molecule has 7 nitrogen and oxygen atoms in total. The molecule has 1 aliphatic carbocycles. The minimum Gasteiger partial charge on any atom is -0.379 e. The van der Waals surface area contributed by atoms with Gasteiger partial charge >= 0.3 is 5.69 Å². The zero-order chi connectivity index (χ0) is 30.7. The molecule has 0 saturated heterocycles. The molecule has 1 fully saturated rings. The van der Waals surface area contributed by atoms with Crippen molar-refractivity contribution in [3.05, 3.63) is 81.1 Å². The van der Waals surface area contributed by atoms with Gasteiger partial charge in [0.25, 0.3) is 0 Å². The predicted molar refractivity (Wildman–Crippen MR) is 177 cm³/mol. The Labute approximate surface area is 261 Å². The number of nitrogens with zero attached hydrogens (tertiary/aromatic N) is 2. The highest BCUT2D eigenvalue weighted by atomic mass is 35.5. The summed E-state index contributed by atoms with van der Waals surface area (Å²) < 4.78 is 16.7. The normalized spacial score (nSPS) is 15.5. The Morgan fingerprint density at radius 2 is 1.91 bits per heavy atom. The summed E-state index contributed by atoms with van der Waals surface area (Å²) in [5.74, 6) is 0.518. The third-order valence-electron chi connectivity index (χ3n) is 8.43. The van der Waals surface area contributed by atoms with E-state index in [1.807, 2.05) is 36.4 Å². The summed E-state index contributed by atoms with van der Waals surface area (Å²) in [5, 5.41) is 8.68. The zero-order valence-corrected chi connectivity index (χ0v) is 26.3. The Balaban J connectivity index is 1.30. The first-order valence-corrected chi connectivity index (χ1v) is 16.3. The van der Waals surface area contributed by atoms with E-state index in [4.69, 9.17) is 28.5 Å². The first-order chi connectivity index (χ1) is 20.6. The second-order valence-corrected chi connectivity index (χ2v) is 13.8. The number of hydrogen-bond acceptors (Lipinski definition) is 5. The van der Waals surface area contributed by atoms with Gasteiger partial charge in [-0.1, -0.05) is 55.8 Å². The van der Waals surface area contributed by atoms with Crippen LogP contribution in [0, 0.1) is 17.1 Å². The van der Waals surface area contributed by atoms with E-state index in [2.05, 4.69) is 23.8 Å². The molecule has 0 amide bonds. The lowest BCUT2D eigenvalue weighted by atomic mass is 9.95. The van der Waals surface area contributed by atoms with Crippen molar-refractivity contribution in [1.82, 2.24) is 14.5 Å². The summed E-state index contributed by atoms with van der Waals surface area (Å²) in [7, 11) is 0. The lowest BCUT2D eigenvalue weighted by Gasteiger charge is -2.15. The van der Waals surface area contributed by atoms with Gasteiger partial charge in [0.15, 0.2) is 11.0 Å². The number of aromatic nitrogens is 3. The number of hydrogen-bond donors (Lipinski definition) is 4. The summed E-state index contributed by atoms with van der Waals surface area (Å²) in [5.41, 5.74) is 15.5. The van der Waals surface area contributed by atoms with Crippen LogP contribution in [0.4, 0.5) is 4.39 Å². The number of fused-ring (bicyclic) bond motifs is 1. The maximum absolute atomic E-state index is 15.2. The molecule has 0 unspecified atom stereocenters. The summed E-state index contributed by atoms with van der Waals surface area (Å²) in [6.07, 6.45) is 9.89. The van der Waals surface area contributed by atoms with E-state index in [0.717, 1.165) is 44.1 Å². The van der Waals surface area contributed by atoms with E-state index in [-0.39, 0.29) is 16.2 Å². The van der Waals surface area contributed by atoms with Crippen LogP contribution in [0.2, 0.25) is 5.02 Å². The largest absolute Gasteiger partial charge is 0.379 e. The molecule has 0 radical (unpaired) electrons. The van der Waals surface area contributed by atoms with Crippen molar-refractivity contribution in [2.24, 2.45) is 17.4 Å². The molecular formula is C33H40ClFN6OS. The molecule has 1 saturated carbocycles. The van der Waals surface area contributed by atoms with Crippen molar-refractivity contribution in [1.29, 1.82) is 5.41 Å². The molecular weight excluding hydrogens is 583 g/mol. The number of nitrogens with one attached hydrogen (secondary N) is 2. The van der Waals surface area contributed by atoms with Gasteiger partial charge in [-0.3, -0.25) is 9.98 Å². The number of rotatable bonds is 13. The molecule has 2 heterocycles. The molecule has 0 spiro atoms. The fraction of sp³-hybridized carbons (Fsp3) is 0.424. The third kappa shape index (κ3) is 7.88. The van der Waals surface area contributed by atoms with Crippen molar-refractivity contribution in [3.63, 3.8) is 0 Å². The minimum atomic E-state index is -0.501. The Morgan fingerprint density at radius 1 is 1.16 bits per heavy atom. The number of nitrogens with two attached hydrogens (primary N) is 2. The van der Waals surface area contributed by atoms with E-state index >= 15 is 4.39 Å². The monoisotopic (exact) mass is 622 g/mol. The summed E-state index contributed by atoms with van der Waals surface area (Å²) >= 11 is 7.70. The number of aryl methyl sites for hydroxylation is 1. The first-order valence-electron chi connectivity index (χ1n) is 15.1. The van der Waals surface area contributed by atoms with Gasteiger partial charge in [0.2, 0.25) is 0 Å². The lowest BCUT2D eigenvalue weighted by molar-refractivity contribution is 0.528. The molecule has 2 aromatic carbocycles. The molecule has 228 valence electrons. The van der Waals surface area contributed by atoms with Crippen molar-refractivity contribution < 1.29 is 4.39 Å². The highest BCUT2D eigenvalue weighted by Crippen LogP contribution is 2.34. The highest BCUT2D eigenvalue weighted by molar-refractivity contribution is 8.14. The van der Waals surface area contributed by atoms with Crippen LogP contribution in [0.5, 0.6) is 0 Å². The van der Waals surface area contributed by atoms with E-state index in [1.165, 1.54) is 34.7 Å². The van der Waals surface area contributed by atoms with Gasteiger partial charge in [0, 0.05) is 28.4 Å². The number of H-pyrrole nitrogens is 1. The van der Waals surface area contributed by atoms with Crippen LogP contribution < -0.4 is 17.2 Å². The first kappa shape index (κ1) is 31.3. The number of halogens is 2. The Morgan fingerprint density at radius 3 is 2.60 bits per heavy atom. The summed E-state index contributed by atoms with van der Waals surface area (Å²) in [6.45, 7) is 4.29. The molecule has 43 heavy (non-hydrogen) atoms. The zero-order valence-electron chi connectivity index (χ0n) is 24.7. The smallest absolute Gasteiger partial charge is 0.354 e. The van der Waals surface area contributed by atoms with Crippen LogP contribution >= 0.6 is 23.4 Å². The van der Waals surface area contributed by atoms with Crippen molar-refractivity contribution in [2.45, 2.75) is 82.4 Å². The average Bonchev–Trinajstić information content (AvgIpc) is 3.74. The fourth-order valence-electron chi connectivity index (χ4n) is 5.73. The van der Waals surface area contributed by atoms with Crippen LogP contribution in [-0.2, 0) is 6.42 Å². The summed E-state index contributed by atoms with van der Waals surface area (Å²) in [6, 6.07) is 13.5. The predicted octanol–water partition coefficient (Wildman–Crippen LogP) is 7.52. The molecule has 1 aliphatic rings. The Hall–Kier alpha value is -3.14. The van der Waals surface area contributed by atoms with Gasteiger partial charge in [0.1, 0.15) is 5.65 Å². The summed E-state index contributed by atoms with van der Waals surface area (Å²) in [4.78, 5) is 20.4. The fourth-order valence-corrected chi connectivity index (χ4v) is 6.69. The third-order valence-corrected chi connectivity index (χ3v) is 9.60. The number of thioether (sulfide) groups is 1. The topological polar surface area (TPSA) is 127 Å². The quantitative estimate of drug-likeness (QED) is 0.0906. The van der Waals surface area contributed by atoms with Gasteiger partial charge in [-0.15, -0.1) is 0 Å². The van der Waals surface area contributed by atoms with Crippen LogP contribution in [0.25, 0.3) is 28.0 Å². The van der Waals surface area contributed by atoms with E-state index in [1.54, 1.807) is 12.3 Å². The van der Waals surface area contributed by atoms with Crippen molar-refractivity contribution >= 4 is 39.6 Å². The van der Waals surface area contributed by atoms with E-state index in [9.17, 15) is 4.79 Å². The lowest BCUT2D eigenvalue weighted by Crippen LogP contribution is -2.22. The average molecular weight is 623 g/mol. The number of benzene rings is 2. The van der Waals surface area contributed by atoms with Crippen molar-refractivity contribution in [3.8, 4) is 16.9 Å². The Kier molecular flexibility index (Phi) is 9.94. The van der Waals surface area contributed by atoms with Crippen LogP contribution in [-0.4, -0.2) is 31.0 Å². The Bertz CT molecular complexity index is 1650. The van der Waals surface area contributed by atoms with Crippen LogP contribution in [0.3, 0.4) is 0 Å². The number of amidine groups is 1. The maximum atomic E-state index is 15.2. The van der Waals surface area contributed by atoms with Gasteiger partial charge in [-0.05, 0) is 98.2 Å². The molecule has 5 rings (SSSR count). The standard InChI is InChI=1S/C33H40ClFN6OS/c1-19(5-3-6-20(2)43-32(37)38)22-11-13-25(14-12-22)41-18-24-17-29(39-31(24)40-33(41)42)26-15-21(16-27(34)30(26)35)7-4-8-28(36)23-9-10-23/h11-20,23,28H,3-10,36H2,1-2H3,(H3,37,38)(H,39,40,42)/t19-,20+,28-/m1/s1. The van der Waals surface area contributed by atoms with Gasteiger partial charge in [0.05, 0.1) is 16.4 Å². The molecule has 6 N–H and O–H groups in total. The number of aromatic amines is 1. The van der Waals surface area contributed by atoms with Gasteiger partial charge in [-0.2, -0.15) is 4.98 Å². The maximum Gasteiger partial charge on any atom is 0.354 e. The van der Waals surface area contributed by atoms with Crippen LogP contribution in [0.15, 0.2) is 53.5 Å². The molecule has 2 aromatic heterocycles. The highest BCUT2D eigenvalue weighted by Gasteiger charge is 2.27. The van der Waals surface area contributed by atoms with Gasteiger partial charge in [-0.25, -0.2) is 9.18 Å². The van der Waals surface area contributed by atoms with Crippen LogP contribution in [0.1, 0.15) is 75.8 Å². The van der Waals surface area contributed by atoms with Crippen molar-refractivity contribution in [2.75, 3.05) is 0 Å². The van der Waals surface area contributed by atoms with E-state index < -0.39 is 11.5 Å². The molecule has 0 aliphatic heterocycles. The van der Waals surface area contributed by atoms with E-state index in [0.29, 0.717) is 45.1 Å². The molecule has 0 bridgehead atoms.